The summed E-state index contributed by atoms with van der Waals surface area (Å²) in [5, 5.41) is 2.64. The number of carbonyl (C=O) groups excluding carboxylic acids is 2. The Bertz CT molecular complexity index is 903. The van der Waals surface area contributed by atoms with Crippen molar-refractivity contribution in [1.29, 1.82) is 0 Å². The van der Waals surface area contributed by atoms with E-state index in [-0.39, 0.29) is 23.3 Å². The molecule has 1 atom stereocenters. The second-order valence-corrected chi connectivity index (χ2v) is 6.66. The molecule has 0 aliphatic rings. The van der Waals surface area contributed by atoms with E-state index in [0.29, 0.717) is 12.1 Å². The predicted molar refractivity (Wildman–Crippen MR) is 99.5 cm³/mol. The smallest absolute Gasteiger partial charge is 0.422 e. The predicted octanol–water partition coefficient (Wildman–Crippen LogP) is 3.96. The summed E-state index contributed by atoms with van der Waals surface area (Å²) in [4.78, 5) is 31.9. The highest BCUT2D eigenvalue weighted by molar-refractivity contribution is 5.94. The van der Waals surface area contributed by atoms with Crippen molar-refractivity contribution in [1.82, 2.24) is 15.3 Å². The number of ether oxygens (including phenoxy) is 1. The van der Waals surface area contributed by atoms with Gasteiger partial charge in [-0.25, -0.2) is 9.37 Å². The van der Waals surface area contributed by atoms with E-state index in [1.807, 2.05) is 6.92 Å². The Hall–Kier alpha value is -3.04. The number of pyridine rings is 2. The van der Waals surface area contributed by atoms with Gasteiger partial charge in [-0.15, -0.1) is 0 Å². The molecule has 1 unspecified atom stereocenters. The third-order valence-electron chi connectivity index (χ3n) is 4.03. The Morgan fingerprint density at radius 2 is 1.97 bits per heavy atom. The Balaban J connectivity index is 2.03. The minimum atomic E-state index is -4.61. The summed E-state index contributed by atoms with van der Waals surface area (Å²) in [6.45, 7) is 1.80. The minimum Gasteiger partial charge on any atom is -0.466 e. The summed E-state index contributed by atoms with van der Waals surface area (Å²) in [5.41, 5.74) is 0.981. The summed E-state index contributed by atoms with van der Waals surface area (Å²) in [5.74, 6) is -2.30. The van der Waals surface area contributed by atoms with Crippen LogP contribution in [0.2, 0.25) is 0 Å². The average Bonchev–Trinajstić information content (AvgIpc) is 2.66. The highest BCUT2D eigenvalue weighted by Crippen LogP contribution is 2.22. The lowest BCUT2D eigenvalue weighted by Gasteiger charge is -2.15. The molecular weight excluding hydrogens is 406 g/mol. The fourth-order valence-corrected chi connectivity index (χ4v) is 2.58. The maximum atomic E-state index is 14.0. The van der Waals surface area contributed by atoms with E-state index in [2.05, 4.69) is 20.0 Å². The van der Waals surface area contributed by atoms with E-state index < -0.39 is 36.4 Å². The minimum absolute atomic E-state index is 0.0188. The Labute approximate surface area is 170 Å². The lowest BCUT2D eigenvalue weighted by molar-refractivity contribution is -0.154. The van der Waals surface area contributed by atoms with Crippen molar-refractivity contribution in [2.75, 3.05) is 6.61 Å². The maximum Gasteiger partial charge on any atom is 0.422 e. The van der Waals surface area contributed by atoms with Gasteiger partial charge in [-0.2, -0.15) is 13.2 Å². The van der Waals surface area contributed by atoms with E-state index in [1.54, 1.807) is 6.92 Å². The molecule has 10 heteroatoms. The third-order valence-corrected chi connectivity index (χ3v) is 4.03. The largest absolute Gasteiger partial charge is 0.466 e. The number of hydrogen-bond acceptors (Lipinski definition) is 5. The van der Waals surface area contributed by atoms with Crippen LogP contribution in [0.4, 0.5) is 17.6 Å². The zero-order valence-corrected chi connectivity index (χ0v) is 16.4. The van der Waals surface area contributed by atoms with Crippen molar-refractivity contribution in [2.45, 2.75) is 45.3 Å². The van der Waals surface area contributed by atoms with Crippen LogP contribution in [-0.2, 0) is 11.2 Å². The Morgan fingerprint density at radius 3 is 2.60 bits per heavy atom. The summed E-state index contributed by atoms with van der Waals surface area (Å²) < 4.78 is 54.8. The number of amides is 1. The molecule has 2 heterocycles. The molecule has 162 valence electrons. The van der Waals surface area contributed by atoms with Crippen LogP contribution in [0.5, 0.6) is 5.88 Å². The Kier molecular flexibility index (Phi) is 7.85. The second-order valence-electron chi connectivity index (χ2n) is 6.66. The molecule has 0 aliphatic heterocycles. The van der Waals surface area contributed by atoms with Crippen molar-refractivity contribution >= 4 is 11.7 Å². The standard InChI is InChI=1S/C20H21F4N3O3/c1-3-4-16(28)9-15-7-13(5-6-25-15)18(29)27-12(2)14-8-17(21)19(26-10-14)30-11-20(22,23)24/h5-8,10,12H,3-4,9,11H2,1-2H3,(H,27,29). The molecule has 0 saturated carbocycles. The van der Waals surface area contributed by atoms with Gasteiger partial charge in [0, 0.05) is 36.5 Å². The lowest BCUT2D eigenvalue weighted by atomic mass is 10.1. The number of hydrogen-bond donors (Lipinski definition) is 1. The van der Waals surface area contributed by atoms with Crippen LogP contribution in [0, 0.1) is 5.82 Å². The number of ketones is 1. The maximum absolute atomic E-state index is 14.0. The normalized spacial score (nSPS) is 12.3. The van der Waals surface area contributed by atoms with Gasteiger partial charge in [-0.05, 0) is 37.1 Å². The first-order valence-electron chi connectivity index (χ1n) is 9.21. The first-order chi connectivity index (χ1) is 14.1. The first-order valence-corrected chi connectivity index (χ1v) is 9.21. The van der Waals surface area contributed by atoms with Crippen LogP contribution in [0.3, 0.4) is 0 Å². The van der Waals surface area contributed by atoms with Crippen LogP contribution in [0.25, 0.3) is 0 Å². The summed E-state index contributed by atoms with van der Waals surface area (Å²) in [6, 6.07) is 3.24. The molecule has 1 N–H and O–H groups in total. The fourth-order valence-electron chi connectivity index (χ4n) is 2.58. The SMILES string of the molecule is CCCC(=O)Cc1cc(C(=O)NC(C)c2cnc(OCC(F)(F)F)c(F)c2)ccn1. The highest BCUT2D eigenvalue weighted by Gasteiger charge is 2.29. The molecule has 1 amide bonds. The molecule has 0 saturated heterocycles. The van der Waals surface area contributed by atoms with Gasteiger partial charge in [-0.3, -0.25) is 14.6 Å². The zero-order valence-electron chi connectivity index (χ0n) is 16.4. The van der Waals surface area contributed by atoms with Crippen molar-refractivity contribution in [3.8, 4) is 5.88 Å². The lowest BCUT2D eigenvalue weighted by Crippen LogP contribution is -2.27. The van der Waals surface area contributed by atoms with E-state index in [0.717, 1.165) is 18.7 Å². The van der Waals surface area contributed by atoms with Gasteiger partial charge in [0.15, 0.2) is 12.4 Å². The number of Topliss-reactive ketones (excluding diaryl/α,β-unsaturated/α-hetero) is 1. The van der Waals surface area contributed by atoms with Gasteiger partial charge in [0.2, 0.25) is 0 Å². The van der Waals surface area contributed by atoms with E-state index in [9.17, 15) is 27.2 Å². The van der Waals surface area contributed by atoms with Gasteiger partial charge in [-0.1, -0.05) is 6.92 Å². The van der Waals surface area contributed by atoms with Gasteiger partial charge < -0.3 is 10.1 Å². The first kappa shape index (κ1) is 23.2. The molecule has 0 fully saturated rings. The highest BCUT2D eigenvalue weighted by atomic mass is 19.4. The van der Waals surface area contributed by atoms with Crippen LogP contribution < -0.4 is 10.1 Å². The molecule has 0 bridgehead atoms. The quantitative estimate of drug-likeness (QED) is 0.613. The molecule has 30 heavy (non-hydrogen) atoms. The van der Waals surface area contributed by atoms with Crippen molar-refractivity contribution < 1.29 is 31.9 Å². The van der Waals surface area contributed by atoms with Crippen molar-refractivity contribution in [3.63, 3.8) is 0 Å². The number of halogens is 4. The van der Waals surface area contributed by atoms with Crippen LogP contribution in [0.15, 0.2) is 30.6 Å². The monoisotopic (exact) mass is 427 g/mol. The van der Waals surface area contributed by atoms with E-state index >= 15 is 0 Å². The molecule has 0 radical (unpaired) electrons. The molecule has 2 rings (SSSR count). The molecule has 0 spiro atoms. The van der Waals surface area contributed by atoms with Gasteiger partial charge in [0.1, 0.15) is 5.78 Å². The topological polar surface area (TPSA) is 81.2 Å². The van der Waals surface area contributed by atoms with Crippen molar-refractivity contribution in [2.24, 2.45) is 0 Å². The fraction of sp³-hybridized carbons (Fsp3) is 0.400. The molecular formula is C20H21F4N3O3. The van der Waals surface area contributed by atoms with Crippen LogP contribution in [-0.4, -0.2) is 34.4 Å². The molecule has 2 aromatic rings. The summed E-state index contributed by atoms with van der Waals surface area (Å²) in [6.07, 6.45) is -0.793. The second kappa shape index (κ2) is 10.1. The Morgan fingerprint density at radius 1 is 1.23 bits per heavy atom. The van der Waals surface area contributed by atoms with Crippen LogP contribution >= 0.6 is 0 Å². The number of carbonyl (C=O) groups is 2. The number of aromatic nitrogens is 2. The molecule has 6 nitrogen and oxygen atoms in total. The molecule has 2 aromatic heterocycles. The molecule has 0 aliphatic carbocycles. The summed E-state index contributed by atoms with van der Waals surface area (Å²) >= 11 is 0. The third kappa shape index (κ3) is 7.09. The number of alkyl halides is 3. The number of nitrogens with zero attached hydrogens (tertiary/aromatic N) is 2. The van der Waals surface area contributed by atoms with E-state index in [1.165, 1.54) is 18.3 Å². The van der Waals surface area contributed by atoms with Crippen molar-refractivity contribution in [3.05, 3.63) is 53.2 Å². The molecule has 0 aromatic carbocycles. The van der Waals surface area contributed by atoms with Gasteiger partial charge in [0.25, 0.3) is 11.8 Å². The van der Waals surface area contributed by atoms with Gasteiger partial charge >= 0.3 is 6.18 Å². The summed E-state index contributed by atoms with van der Waals surface area (Å²) in [7, 11) is 0. The average molecular weight is 427 g/mol. The number of rotatable bonds is 9. The van der Waals surface area contributed by atoms with Gasteiger partial charge in [0.05, 0.1) is 6.04 Å². The number of nitrogens with one attached hydrogen (secondary N) is 1. The van der Waals surface area contributed by atoms with E-state index in [4.69, 9.17) is 0 Å². The van der Waals surface area contributed by atoms with Crippen LogP contribution in [0.1, 0.15) is 54.3 Å². The zero-order chi connectivity index (χ0) is 22.3.